The minimum Gasteiger partial charge on any atom is -0.355 e. The molecule has 0 aromatic heterocycles. The second kappa shape index (κ2) is 7.58. The van der Waals surface area contributed by atoms with Crippen LogP contribution in [0.1, 0.15) is 16.8 Å². The molecular formula is C19H18ClN3O3. The third kappa shape index (κ3) is 3.70. The first kappa shape index (κ1) is 17.9. The van der Waals surface area contributed by atoms with Crippen molar-refractivity contribution in [2.75, 3.05) is 23.8 Å². The Morgan fingerprint density at radius 1 is 1.15 bits per heavy atom. The smallest absolute Gasteiger partial charge is 0.253 e. The second-order valence-electron chi connectivity index (χ2n) is 6.00. The molecule has 1 heterocycles. The van der Waals surface area contributed by atoms with Crippen LogP contribution in [0, 0.1) is 5.92 Å². The first-order valence-corrected chi connectivity index (χ1v) is 8.55. The number of anilines is 2. The van der Waals surface area contributed by atoms with E-state index < -0.39 is 5.92 Å². The van der Waals surface area contributed by atoms with Gasteiger partial charge in [0.05, 0.1) is 17.2 Å². The maximum atomic E-state index is 12.6. The van der Waals surface area contributed by atoms with E-state index in [1.54, 1.807) is 53.4 Å². The zero-order valence-corrected chi connectivity index (χ0v) is 14.9. The number of carbonyl (C=O) groups is 3. The van der Waals surface area contributed by atoms with Crippen LogP contribution in [0.4, 0.5) is 11.4 Å². The van der Waals surface area contributed by atoms with Crippen LogP contribution >= 0.6 is 11.6 Å². The summed E-state index contributed by atoms with van der Waals surface area (Å²) in [6.07, 6.45) is 0.112. The van der Waals surface area contributed by atoms with Crippen molar-refractivity contribution in [2.45, 2.75) is 6.42 Å². The summed E-state index contributed by atoms with van der Waals surface area (Å²) in [7, 11) is 1.53. The topological polar surface area (TPSA) is 78.5 Å². The average molecular weight is 372 g/mol. The van der Waals surface area contributed by atoms with Gasteiger partial charge >= 0.3 is 0 Å². The fraction of sp³-hybridized carbons (Fsp3) is 0.211. The molecule has 0 saturated carbocycles. The molecule has 0 spiro atoms. The van der Waals surface area contributed by atoms with Crippen LogP contribution in [-0.4, -0.2) is 31.3 Å². The van der Waals surface area contributed by atoms with E-state index >= 15 is 0 Å². The molecule has 3 rings (SSSR count). The molecule has 3 amide bonds. The molecule has 26 heavy (non-hydrogen) atoms. The Morgan fingerprint density at radius 3 is 2.65 bits per heavy atom. The molecule has 0 bridgehead atoms. The van der Waals surface area contributed by atoms with Crippen LogP contribution in [0.3, 0.4) is 0 Å². The fourth-order valence-corrected chi connectivity index (χ4v) is 3.12. The number of nitrogens with zero attached hydrogens (tertiary/aromatic N) is 1. The lowest BCUT2D eigenvalue weighted by Crippen LogP contribution is -2.29. The monoisotopic (exact) mass is 371 g/mol. The van der Waals surface area contributed by atoms with Gasteiger partial charge in [-0.2, -0.15) is 0 Å². The summed E-state index contributed by atoms with van der Waals surface area (Å²) < 4.78 is 0. The van der Waals surface area contributed by atoms with Gasteiger partial charge < -0.3 is 15.5 Å². The number of rotatable bonds is 4. The van der Waals surface area contributed by atoms with E-state index in [-0.39, 0.29) is 30.7 Å². The highest BCUT2D eigenvalue weighted by Gasteiger charge is 2.35. The molecule has 7 heteroatoms. The highest BCUT2D eigenvalue weighted by atomic mass is 35.5. The van der Waals surface area contributed by atoms with Crippen molar-refractivity contribution in [3.8, 4) is 0 Å². The number of benzene rings is 2. The predicted octanol–water partition coefficient (Wildman–Crippen LogP) is 2.69. The third-order valence-corrected chi connectivity index (χ3v) is 4.51. The van der Waals surface area contributed by atoms with Gasteiger partial charge in [-0.3, -0.25) is 14.4 Å². The van der Waals surface area contributed by atoms with Crippen LogP contribution in [0.25, 0.3) is 0 Å². The van der Waals surface area contributed by atoms with Gasteiger partial charge in [0, 0.05) is 30.7 Å². The molecule has 1 fully saturated rings. The van der Waals surface area contributed by atoms with Crippen LogP contribution < -0.4 is 15.5 Å². The summed E-state index contributed by atoms with van der Waals surface area (Å²) in [5.41, 5.74) is 1.47. The molecular weight excluding hydrogens is 354 g/mol. The van der Waals surface area contributed by atoms with Gasteiger partial charge in [-0.15, -0.1) is 0 Å². The van der Waals surface area contributed by atoms with Crippen molar-refractivity contribution in [2.24, 2.45) is 5.92 Å². The quantitative estimate of drug-likeness (QED) is 0.867. The summed E-state index contributed by atoms with van der Waals surface area (Å²) in [4.78, 5) is 38.4. The van der Waals surface area contributed by atoms with Gasteiger partial charge in [-0.05, 0) is 30.3 Å². The largest absolute Gasteiger partial charge is 0.355 e. The van der Waals surface area contributed by atoms with Crippen LogP contribution in [0.15, 0.2) is 48.5 Å². The average Bonchev–Trinajstić information content (AvgIpc) is 3.03. The van der Waals surface area contributed by atoms with E-state index in [0.29, 0.717) is 22.0 Å². The van der Waals surface area contributed by atoms with Crippen molar-refractivity contribution in [3.05, 3.63) is 59.1 Å². The first-order valence-electron chi connectivity index (χ1n) is 8.17. The van der Waals surface area contributed by atoms with Gasteiger partial charge in [0.2, 0.25) is 11.8 Å². The molecule has 1 aliphatic heterocycles. The third-order valence-electron chi connectivity index (χ3n) is 4.27. The highest BCUT2D eigenvalue weighted by molar-refractivity contribution is 6.31. The lowest BCUT2D eigenvalue weighted by Gasteiger charge is -2.17. The molecule has 0 radical (unpaired) electrons. The summed E-state index contributed by atoms with van der Waals surface area (Å²) in [6, 6.07) is 13.7. The summed E-state index contributed by atoms with van der Waals surface area (Å²) >= 11 is 5.98. The van der Waals surface area contributed by atoms with Gasteiger partial charge in [0.1, 0.15) is 0 Å². The number of para-hydroxylation sites is 1. The molecule has 2 N–H and O–H groups in total. The van der Waals surface area contributed by atoms with Crippen molar-refractivity contribution in [1.29, 1.82) is 0 Å². The molecule has 134 valence electrons. The zero-order chi connectivity index (χ0) is 18.7. The SMILES string of the molecule is CNC(=O)c1ccccc1NC(=O)C1CC(=O)N(c2cccc(Cl)c2)C1. The Hall–Kier alpha value is -2.86. The zero-order valence-electron chi connectivity index (χ0n) is 14.2. The van der Waals surface area contributed by atoms with E-state index in [9.17, 15) is 14.4 Å². The lowest BCUT2D eigenvalue weighted by molar-refractivity contribution is -0.122. The summed E-state index contributed by atoms with van der Waals surface area (Å²) in [5.74, 6) is -1.21. The molecule has 1 saturated heterocycles. The van der Waals surface area contributed by atoms with E-state index in [0.717, 1.165) is 0 Å². The maximum absolute atomic E-state index is 12.6. The highest BCUT2D eigenvalue weighted by Crippen LogP contribution is 2.28. The van der Waals surface area contributed by atoms with E-state index in [1.807, 2.05) is 0 Å². The van der Waals surface area contributed by atoms with Crippen LogP contribution in [0.2, 0.25) is 5.02 Å². The first-order chi connectivity index (χ1) is 12.5. The van der Waals surface area contributed by atoms with Crippen LogP contribution in [-0.2, 0) is 9.59 Å². The Morgan fingerprint density at radius 2 is 1.92 bits per heavy atom. The van der Waals surface area contributed by atoms with Gasteiger partial charge in [-0.1, -0.05) is 29.8 Å². The molecule has 1 unspecified atom stereocenters. The summed E-state index contributed by atoms with van der Waals surface area (Å²) in [6.45, 7) is 0.271. The number of halogens is 1. The van der Waals surface area contributed by atoms with Gasteiger partial charge in [-0.25, -0.2) is 0 Å². The van der Waals surface area contributed by atoms with Crippen molar-refractivity contribution in [3.63, 3.8) is 0 Å². The maximum Gasteiger partial charge on any atom is 0.253 e. The normalized spacial score (nSPS) is 16.5. The Bertz CT molecular complexity index is 869. The standard InChI is InChI=1S/C19H18ClN3O3/c1-21-19(26)15-7-2-3-8-16(15)22-18(25)12-9-17(24)23(11-12)14-6-4-5-13(20)10-14/h2-8,10,12H,9,11H2,1H3,(H,21,26)(H,22,25). The molecule has 2 aromatic rings. The lowest BCUT2D eigenvalue weighted by atomic mass is 10.1. The number of hydrogen-bond donors (Lipinski definition) is 2. The van der Waals surface area contributed by atoms with Crippen molar-refractivity contribution < 1.29 is 14.4 Å². The summed E-state index contributed by atoms with van der Waals surface area (Å²) in [5, 5.41) is 5.84. The number of amides is 3. The van der Waals surface area contributed by atoms with E-state index in [4.69, 9.17) is 11.6 Å². The number of hydrogen-bond acceptors (Lipinski definition) is 3. The van der Waals surface area contributed by atoms with E-state index in [1.165, 1.54) is 7.05 Å². The minimum atomic E-state index is -0.501. The number of carbonyl (C=O) groups excluding carboxylic acids is 3. The van der Waals surface area contributed by atoms with Gasteiger partial charge in [0.25, 0.3) is 5.91 Å². The van der Waals surface area contributed by atoms with E-state index in [2.05, 4.69) is 10.6 Å². The molecule has 1 aliphatic rings. The van der Waals surface area contributed by atoms with Crippen molar-refractivity contribution >= 4 is 40.7 Å². The minimum absolute atomic E-state index is 0.112. The number of nitrogens with one attached hydrogen (secondary N) is 2. The fourth-order valence-electron chi connectivity index (χ4n) is 2.94. The molecule has 6 nitrogen and oxygen atoms in total. The van der Waals surface area contributed by atoms with Crippen molar-refractivity contribution in [1.82, 2.24) is 5.32 Å². The Balaban J connectivity index is 1.74. The second-order valence-corrected chi connectivity index (χ2v) is 6.44. The Labute approximate surface area is 156 Å². The predicted molar refractivity (Wildman–Crippen MR) is 100 cm³/mol. The molecule has 2 aromatic carbocycles. The van der Waals surface area contributed by atoms with Crippen LogP contribution in [0.5, 0.6) is 0 Å². The Kier molecular flexibility index (Phi) is 5.23. The molecule has 1 atom stereocenters. The molecule has 0 aliphatic carbocycles. The van der Waals surface area contributed by atoms with Gasteiger partial charge in [0.15, 0.2) is 0 Å².